The second-order valence-electron chi connectivity index (χ2n) is 5.81. The molecule has 1 saturated heterocycles. The van der Waals surface area contributed by atoms with Gasteiger partial charge in [0.2, 0.25) is 10.0 Å². The van der Waals surface area contributed by atoms with Crippen LogP contribution < -0.4 is 4.72 Å². The smallest absolute Gasteiger partial charge is 0.253 e. The second-order valence-corrected chi connectivity index (χ2v) is 8.70. The van der Waals surface area contributed by atoms with Crippen molar-refractivity contribution < 1.29 is 13.2 Å². The van der Waals surface area contributed by atoms with Gasteiger partial charge in [-0.2, -0.15) is 5.26 Å². The van der Waals surface area contributed by atoms with Crippen LogP contribution in [0.25, 0.3) is 0 Å². The summed E-state index contributed by atoms with van der Waals surface area (Å²) in [5.41, 5.74) is 0.932. The van der Waals surface area contributed by atoms with E-state index in [-0.39, 0.29) is 11.9 Å². The Balaban J connectivity index is 1.60. The van der Waals surface area contributed by atoms with Gasteiger partial charge in [-0.15, -0.1) is 11.3 Å². The molecule has 0 bridgehead atoms. The van der Waals surface area contributed by atoms with E-state index in [1.54, 1.807) is 46.7 Å². The molecule has 3 rings (SSSR count). The van der Waals surface area contributed by atoms with Gasteiger partial charge in [0.25, 0.3) is 5.91 Å². The minimum Gasteiger partial charge on any atom is -0.339 e. The number of nitrogens with one attached hydrogen (secondary N) is 1. The molecule has 2 aromatic rings. The van der Waals surface area contributed by atoms with Crippen LogP contribution in [0.2, 0.25) is 0 Å². The minimum atomic E-state index is -3.49. The molecule has 1 N–H and O–H groups in total. The molecule has 0 spiro atoms. The van der Waals surface area contributed by atoms with Gasteiger partial charge in [0.15, 0.2) is 0 Å². The molecule has 0 saturated carbocycles. The quantitative estimate of drug-likeness (QED) is 0.887. The van der Waals surface area contributed by atoms with Crippen LogP contribution in [0.3, 0.4) is 0 Å². The highest BCUT2D eigenvalue weighted by Crippen LogP contribution is 2.20. The zero-order valence-electron chi connectivity index (χ0n) is 13.4. The number of sulfonamides is 1. The fourth-order valence-corrected chi connectivity index (χ4v) is 5.11. The maximum atomic E-state index is 12.5. The summed E-state index contributed by atoms with van der Waals surface area (Å²) in [5, 5.41) is 10.7. The number of nitriles is 1. The highest BCUT2D eigenvalue weighted by atomic mass is 32.2. The largest absolute Gasteiger partial charge is 0.339 e. The number of piperidine rings is 1. The molecule has 1 amide bonds. The normalized spacial score (nSPS) is 15.7. The summed E-state index contributed by atoms with van der Waals surface area (Å²) < 4.78 is 27.5. The summed E-state index contributed by atoms with van der Waals surface area (Å²) in [5.74, 6) is -0.128. The van der Waals surface area contributed by atoms with Crippen molar-refractivity contribution in [2.24, 2.45) is 0 Å². The molecule has 0 atom stereocenters. The van der Waals surface area contributed by atoms with Gasteiger partial charge in [0, 0.05) is 24.7 Å². The second kappa shape index (κ2) is 7.35. The summed E-state index contributed by atoms with van der Waals surface area (Å²) in [6.45, 7) is 0.959. The SMILES string of the molecule is N#Cc1cccc(C(=O)N2CCC(NS(=O)(=O)c3cccs3)CC2)c1. The van der Waals surface area contributed by atoms with Crippen molar-refractivity contribution in [2.45, 2.75) is 23.1 Å². The Kier molecular flexibility index (Phi) is 5.18. The average Bonchev–Trinajstić information content (AvgIpc) is 3.17. The summed E-state index contributed by atoms with van der Waals surface area (Å²) in [4.78, 5) is 14.2. The molecule has 0 unspecified atom stereocenters. The number of amides is 1. The van der Waals surface area contributed by atoms with Crippen LogP contribution >= 0.6 is 11.3 Å². The van der Waals surface area contributed by atoms with Crippen LogP contribution in [0.5, 0.6) is 0 Å². The fraction of sp³-hybridized carbons (Fsp3) is 0.294. The minimum absolute atomic E-state index is 0.128. The van der Waals surface area contributed by atoms with E-state index < -0.39 is 10.0 Å². The van der Waals surface area contributed by atoms with E-state index in [0.29, 0.717) is 41.3 Å². The average molecular weight is 375 g/mol. The van der Waals surface area contributed by atoms with Crippen molar-refractivity contribution >= 4 is 27.3 Å². The van der Waals surface area contributed by atoms with Gasteiger partial charge in [0.1, 0.15) is 4.21 Å². The van der Waals surface area contributed by atoms with Crippen molar-refractivity contribution in [3.05, 3.63) is 52.9 Å². The molecule has 0 radical (unpaired) electrons. The van der Waals surface area contributed by atoms with Crippen LogP contribution in [0.1, 0.15) is 28.8 Å². The topological polar surface area (TPSA) is 90.3 Å². The maximum Gasteiger partial charge on any atom is 0.253 e. The van der Waals surface area contributed by atoms with Gasteiger partial charge in [-0.3, -0.25) is 4.79 Å². The van der Waals surface area contributed by atoms with Gasteiger partial charge in [-0.25, -0.2) is 13.1 Å². The number of carbonyl (C=O) groups is 1. The molecule has 1 aliphatic heterocycles. The van der Waals surface area contributed by atoms with E-state index in [1.165, 1.54) is 11.3 Å². The predicted molar refractivity (Wildman–Crippen MR) is 94.7 cm³/mol. The number of hydrogen-bond donors (Lipinski definition) is 1. The standard InChI is InChI=1S/C17H17N3O3S2/c18-12-13-3-1-4-14(11-13)17(21)20-8-6-15(7-9-20)19-25(22,23)16-5-2-10-24-16/h1-5,10-11,15,19H,6-9H2. The highest BCUT2D eigenvalue weighted by molar-refractivity contribution is 7.91. The van der Waals surface area contributed by atoms with E-state index in [0.717, 1.165) is 0 Å². The van der Waals surface area contributed by atoms with Crippen LogP contribution in [0.15, 0.2) is 46.0 Å². The number of hydrogen-bond acceptors (Lipinski definition) is 5. The van der Waals surface area contributed by atoms with Crippen molar-refractivity contribution in [2.75, 3.05) is 13.1 Å². The number of likely N-dealkylation sites (tertiary alicyclic amines) is 1. The van der Waals surface area contributed by atoms with Crippen LogP contribution in [0.4, 0.5) is 0 Å². The highest BCUT2D eigenvalue weighted by Gasteiger charge is 2.27. The van der Waals surface area contributed by atoms with Crippen molar-refractivity contribution in [3.63, 3.8) is 0 Å². The predicted octanol–water partition coefficient (Wildman–Crippen LogP) is 2.20. The Bertz CT molecular complexity index is 893. The van der Waals surface area contributed by atoms with E-state index in [1.807, 2.05) is 6.07 Å². The Hall–Kier alpha value is -2.21. The Labute approximate surface area is 150 Å². The molecular weight excluding hydrogens is 358 g/mol. The molecule has 25 heavy (non-hydrogen) atoms. The third-order valence-electron chi connectivity index (χ3n) is 4.10. The van der Waals surface area contributed by atoms with Crippen LogP contribution in [0, 0.1) is 11.3 Å². The summed E-state index contributed by atoms with van der Waals surface area (Å²) in [6, 6.07) is 11.7. The van der Waals surface area contributed by atoms with Crippen molar-refractivity contribution in [1.29, 1.82) is 5.26 Å². The monoisotopic (exact) mass is 375 g/mol. The third-order valence-corrected chi connectivity index (χ3v) is 7.02. The first-order valence-electron chi connectivity index (χ1n) is 7.85. The summed E-state index contributed by atoms with van der Waals surface area (Å²) >= 11 is 1.18. The lowest BCUT2D eigenvalue weighted by molar-refractivity contribution is 0.0711. The zero-order chi connectivity index (χ0) is 17.9. The van der Waals surface area contributed by atoms with Crippen LogP contribution in [-0.4, -0.2) is 38.4 Å². The Morgan fingerprint density at radius 2 is 2.00 bits per heavy atom. The third kappa shape index (κ3) is 4.07. The molecule has 0 aliphatic carbocycles. The number of benzene rings is 1. The number of thiophene rings is 1. The molecule has 8 heteroatoms. The molecule has 1 aliphatic rings. The van der Waals surface area contributed by atoms with E-state index in [9.17, 15) is 13.2 Å². The van der Waals surface area contributed by atoms with E-state index in [4.69, 9.17) is 5.26 Å². The van der Waals surface area contributed by atoms with Gasteiger partial charge in [0.05, 0.1) is 11.6 Å². The molecule has 1 aromatic carbocycles. The van der Waals surface area contributed by atoms with Crippen molar-refractivity contribution in [1.82, 2.24) is 9.62 Å². The van der Waals surface area contributed by atoms with E-state index >= 15 is 0 Å². The lowest BCUT2D eigenvalue weighted by Gasteiger charge is -2.32. The molecule has 1 fully saturated rings. The Morgan fingerprint density at radius 3 is 2.64 bits per heavy atom. The number of rotatable bonds is 4. The molecule has 2 heterocycles. The van der Waals surface area contributed by atoms with Gasteiger partial charge in [-0.05, 0) is 42.5 Å². The van der Waals surface area contributed by atoms with Gasteiger partial charge < -0.3 is 4.90 Å². The number of nitrogens with zero attached hydrogens (tertiary/aromatic N) is 2. The molecule has 6 nitrogen and oxygen atoms in total. The van der Waals surface area contributed by atoms with Gasteiger partial charge >= 0.3 is 0 Å². The number of carbonyl (C=O) groups excluding carboxylic acids is 1. The summed E-state index contributed by atoms with van der Waals surface area (Å²) in [6.07, 6.45) is 1.13. The first-order valence-corrected chi connectivity index (χ1v) is 10.2. The first kappa shape index (κ1) is 17.6. The fourth-order valence-electron chi connectivity index (χ4n) is 2.80. The van der Waals surface area contributed by atoms with E-state index in [2.05, 4.69) is 4.72 Å². The molecular formula is C17H17N3O3S2. The van der Waals surface area contributed by atoms with Crippen LogP contribution in [-0.2, 0) is 10.0 Å². The molecule has 1 aromatic heterocycles. The molecule has 130 valence electrons. The first-order chi connectivity index (χ1) is 12.0. The lowest BCUT2D eigenvalue weighted by atomic mass is 10.0. The lowest BCUT2D eigenvalue weighted by Crippen LogP contribution is -2.46. The Morgan fingerprint density at radius 1 is 1.24 bits per heavy atom. The zero-order valence-corrected chi connectivity index (χ0v) is 15.0. The summed E-state index contributed by atoms with van der Waals surface area (Å²) in [7, 11) is -3.49. The maximum absolute atomic E-state index is 12.5. The van der Waals surface area contributed by atoms with Crippen molar-refractivity contribution in [3.8, 4) is 6.07 Å². The van der Waals surface area contributed by atoms with Gasteiger partial charge in [-0.1, -0.05) is 12.1 Å².